The molecule has 0 heterocycles. The van der Waals surface area contributed by atoms with E-state index < -0.39 is 0 Å². The Morgan fingerprint density at radius 2 is 1.77 bits per heavy atom. The summed E-state index contributed by atoms with van der Waals surface area (Å²) in [6, 6.07) is 0. The minimum Gasteiger partial charge on any atom is -0.393 e. The highest BCUT2D eigenvalue weighted by Crippen LogP contribution is 2.65. The lowest BCUT2D eigenvalue weighted by Gasteiger charge is -2.60. The van der Waals surface area contributed by atoms with Crippen LogP contribution in [0.25, 0.3) is 0 Å². The summed E-state index contributed by atoms with van der Waals surface area (Å²) in [5.41, 5.74) is 1.63. The summed E-state index contributed by atoms with van der Waals surface area (Å²) in [5, 5.41) is 26.6. The molecule has 2 unspecified atom stereocenters. The second-order valence-corrected chi connectivity index (χ2v) is 9.10. The van der Waals surface area contributed by atoms with Gasteiger partial charge in [-0.15, -0.1) is 0 Å². The lowest BCUT2D eigenvalue weighted by atomic mass is 9.45. The quantitative estimate of drug-likeness (QED) is 0.621. The zero-order valence-electron chi connectivity index (χ0n) is 14.0. The van der Waals surface area contributed by atoms with Crippen LogP contribution in [0.5, 0.6) is 0 Å². The maximum absolute atomic E-state index is 10.1. The van der Waals surface area contributed by atoms with Gasteiger partial charge in [-0.3, -0.25) is 0 Å². The minimum absolute atomic E-state index is 0.0182. The Hall–Kier alpha value is -0.700. The van der Waals surface area contributed by atoms with Crippen LogP contribution in [0.2, 0.25) is 0 Å². The van der Waals surface area contributed by atoms with E-state index >= 15 is 0 Å². The van der Waals surface area contributed by atoms with Crippen molar-refractivity contribution in [3.63, 3.8) is 0 Å². The van der Waals surface area contributed by atoms with E-state index in [9.17, 15) is 5.11 Å². The number of rotatable bonds is 0. The van der Waals surface area contributed by atoms with Crippen molar-refractivity contribution in [2.45, 2.75) is 71.3 Å². The van der Waals surface area contributed by atoms with Crippen LogP contribution < -0.4 is 0 Å². The molecule has 0 aromatic carbocycles. The number of fused-ring (bicyclic) bond motifs is 5. The Morgan fingerprint density at radius 3 is 2.55 bits per heavy atom. The van der Waals surface area contributed by atoms with Crippen molar-refractivity contribution in [3.8, 4) is 0 Å². The second-order valence-electron chi connectivity index (χ2n) is 9.10. The van der Waals surface area contributed by atoms with Crippen molar-refractivity contribution in [1.82, 2.24) is 0 Å². The van der Waals surface area contributed by atoms with Crippen LogP contribution in [-0.2, 0) is 0 Å². The summed E-state index contributed by atoms with van der Waals surface area (Å²) in [7, 11) is 0. The van der Waals surface area contributed by atoms with E-state index in [1.165, 1.54) is 25.7 Å². The molecule has 4 rings (SSSR count). The monoisotopic (exact) mass is 302 g/mol. The molecule has 4 saturated carbocycles. The third-order valence-corrected chi connectivity index (χ3v) is 8.32. The van der Waals surface area contributed by atoms with Crippen molar-refractivity contribution >= 4 is 11.4 Å². The first-order valence-corrected chi connectivity index (χ1v) is 9.21. The maximum atomic E-state index is 10.1. The first-order chi connectivity index (χ1) is 10.4. The molecule has 4 fully saturated rings. The highest BCUT2D eigenvalue weighted by Gasteiger charge is 2.60. The molecule has 7 atom stereocenters. The molecule has 4 aliphatic carbocycles. The molecule has 0 aromatic heterocycles. The molecule has 3 nitrogen and oxygen atoms in total. The van der Waals surface area contributed by atoms with Gasteiger partial charge in [0.1, 0.15) is 0 Å². The largest absolute Gasteiger partial charge is 0.393 e. The van der Waals surface area contributed by atoms with Gasteiger partial charge >= 0.3 is 0 Å². The van der Waals surface area contributed by atoms with Gasteiger partial charge in [-0.25, -0.2) is 0 Å². The fraction of sp³-hybridized carbons (Fsp3) is 0.895. The van der Waals surface area contributed by atoms with E-state index in [1.807, 2.05) is 0 Å². The van der Waals surface area contributed by atoms with E-state index in [0.29, 0.717) is 34.6 Å². The average Bonchev–Trinajstić information content (AvgIpc) is 2.72. The van der Waals surface area contributed by atoms with Crippen molar-refractivity contribution in [1.29, 1.82) is 10.8 Å². The van der Waals surface area contributed by atoms with Crippen LogP contribution in [0.3, 0.4) is 0 Å². The molecule has 3 N–H and O–H groups in total. The first kappa shape index (κ1) is 14.9. The second kappa shape index (κ2) is 4.66. The number of aliphatic hydroxyl groups excluding tert-OH is 1. The van der Waals surface area contributed by atoms with Gasteiger partial charge in [0.2, 0.25) is 0 Å². The van der Waals surface area contributed by atoms with E-state index in [2.05, 4.69) is 13.8 Å². The van der Waals surface area contributed by atoms with Crippen molar-refractivity contribution in [2.75, 3.05) is 0 Å². The molecule has 0 radical (unpaired) electrons. The van der Waals surface area contributed by atoms with Crippen LogP contribution in [0.1, 0.15) is 65.2 Å². The number of aliphatic hydroxyl groups is 1. The predicted molar refractivity (Wildman–Crippen MR) is 88.6 cm³/mol. The van der Waals surface area contributed by atoms with Crippen LogP contribution in [0.4, 0.5) is 0 Å². The lowest BCUT2D eigenvalue weighted by molar-refractivity contribution is -0.113. The normalized spacial score (nSPS) is 54.6. The molecular formula is C19H30N2O. The van der Waals surface area contributed by atoms with Gasteiger partial charge in [-0.1, -0.05) is 13.8 Å². The maximum Gasteiger partial charge on any atom is 0.0583 e. The summed E-state index contributed by atoms with van der Waals surface area (Å²) >= 11 is 0. The molecule has 3 heteroatoms. The summed E-state index contributed by atoms with van der Waals surface area (Å²) in [4.78, 5) is 0. The smallest absolute Gasteiger partial charge is 0.0583 e. The number of hydrogen-bond acceptors (Lipinski definition) is 3. The third-order valence-electron chi connectivity index (χ3n) is 8.32. The Balaban J connectivity index is 1.66. The van der Waals surface area contributed by atoms with Crippen LogP contribution >= 0.6 is 0 Å². The number of nitrogens with one attached hydrogen (secondary N) is 2. The van der Waals surface area contributed by atoms with Crippen LogP contribution in [0, 0.1) is 45.3 Å². The van der Waals surface area contributed by atoms with Gasteiger partial charge in [0.25, 0.3) is 0 Å². The first-order valence-electron chi connectivity index (χ1n) is 9.21. The van der Waals surface area contributed by atoms with Crippen LogP contribution in [-0.4, -0.2) is 22.6 Å². The molecule has 0 spiro atoms. The molecule has 122 valence electrons. The molecule has 22 heavy (non-hydrogen) atoms. The standard InChI is InChI=1S/C19H30N2O/c1-18-7-5-12(22)9-11(18)3-4-13-14(18)6-8-19(2)15(13)10-16(20)17(19)21/h11-15,20-22H,3-10H2,1-2H3/t11?,12?,13-,14-,15+,18+,19+/m1/s1. The molecule has 0 aromatic rings. The molecular weight excluding hydrogens is 272 g/mol. The minimum atomic E-state index is -0.0729. The highest BCUT2D eigenvalue weighted by atomic mass is 16.3. The topological polar surface area (TPSA) is 67.9 Å². The highest BCUT2D eigenvalue weighted by molar-refractivity contribution is 6.43. The summed E-state index contributed by atoms with van der Waals surface area (Å²) in [6.45, 7) is 4.76. The van der Waals surface area contributed by atoms with Gasteiger partial charge < -0.3 is 15.9 Å². The number of hydrogen-bond donors (Lipinski definition) is 3. The average molecular weight is 302 g/mol. The van der Waals surface area contributed by atoms with Crippen molar-refractivity contribution in [3.05, 3.63) is 0 Å². The van der Waals surface area contributed by atoms with Crippen LogP contribution in [0.15, 0.2) is 0 Å². The van der Waals surface area contributed by atoms with Crippen molar-refractivity contribution < 1.29 is 5.11 Å². The Morgan fingerprint density at radius 1 is 1.00 bits per heavy atom. The fourth-order valence-corrected chi connectivity index (χ4v) is 6.91. The summed E-state index contributed by atoms with van der Waals surface area (Å²) < 4.78 is 0. The van der Waals surface area contributed by atoms with Gasteiger partial charge in [-0.05, 0) is 80.5 Å². The van der Waals surface area contributed by atoms with Gasteiger partial charge in [0.15, 0.2) is 0 Å². The fourth-order valence-electron chi connectivity index (χ4n) is 6.91. The molecule has 0 saturated heterocycles. The Bertz CT molecular complexity index is 530. The predicted octanol–water partition coefficient (Wildman–Crippen LogP) is 4.04. The van der Waals surface area contributed by atoms with E-state index in [4.69, 9.17) is 10.8 Å². The molecule has 4 aliphatic rings. The van der Waals surface area contributed by atoms with E-state index in [-0.39, 0.29) is 11.5 Å². The third kappa shape index (κ3) is 1.78. The van der Waals surface area contributed by atoms with Gasteiger partial charge in [0, 0.05) is 5.41 Å². The zero-order chi connectivity index (χ0) is 15.7. The zero-order valence-corrected chi connectivity index (χ0v) is 14.0. The molecule has 0 amide bonds. The van der Waals surface area contributed by atoms with E-state index in [1.54, 1.807) is 0 Å². The van der Waals surface area contributed by atoms with Gasteiger partial charge in [0.05, 0.1) is 17.5 Å². The molecule has 0 bridgehead atoms. The lowest BCUT2D eigenvalue weighted by Crippen LogP contribution is -2.54. The SMILES string of the molecule is C[C@]12CCC(O)CC1CC[C@@H]1[C@H]2CC[C@]2(C)C(=N)C(=N)C[C@@H]12. The Labute approximate surface area is 133 Å². The summed E-state index contributed by atoms with van der Waals surface area (Å²) in [6.07, 6.45) is 8.79. The van der Waals surface area contributed by atoms with Crippen molar-refractivity contribution in [2.24, 2.45) is 34.5 Å². The van der Waals surface area contributed by atoms with E-state index in [0.717, 1.165) is 31.6 Å². The Kier molecular flexibility index (Phi) is 3.15. The van der Waals surface area contributed by atoms with Gasteiger partial charge in [-0.2, -0.15) is 0 Å². The summed E-state index contributed by atoms with van der Waals surface area (Å²) in [5.74, 6) is 2.70. The molecule has 0 aliphatic heterocycles.